The van der Waals surface area contributed by atoms with Gasteiger partial charge in [-0.3, -0.25) is 9.59 Å². The van der Waals surface area contributed by atoms with Crippen molar-refractivity contribution in [2.24, 2.45) is 0 Å². The van der Waals surface area contributed by atoms with Crippen LogP contribution < -0.4 is 10.2 Å². The minimum Gasteiger partial charge on any atom is -0.359 e. The van der Waals surface area contributed by atoms with Gasteiger partial charge < -0.3 is 15.2 Å². The first kappa shape index (κ1) is 24.3. The fraction of sp³-hybridized carbons (Fsp3) is 0.130. The van der Waals surface area contributed by atoms with E-state index in [1.165, 1.54) is 28.9 Å². The first-order valence-corrected chi connectivity index (χ1v) is 12.0. The molecular weight excluding hydrogens is 528 g/mol. The van der Waals surface area contributed by atoms with Crippen LogP contribution in [0.3, 0.4) is 0 Å². The molecule has 2 N–H and O–H groups in total. The van der Waals surface area contributed by atoms with Crippen molar-refractivity contribution >= 4 is 57.2 Å². The summed E-state index contributed by atoms with van der Waals surface area (Å²) in [7, 11) is 0. The van der Waals surface area contributed by atoms with Gasteiger partial charge in [-0.2, -0.15) is 13.2 Å². The quantitative estimate of drug-likeness (QED) is 0.288. The summed E-state index contributed by atoms with van der Waals surface area (Å²) in [5, 5.41) is 2.86. The Labute approximate surface area is 207 Å². The van der Waals surface area contributed by atoms with E-state index < -0.39 is 41.0 Å². The number of alkyl halides is 3. The fourth-order valence-electron chi connectivity index (χ4n) is 3.77. The molecule has 36 heavy (non-hydrogen) atoms. The second-order valence-electron chi connectivity index (χ2n) is 7.87. The third-order valence-electron chi connectivity index (χ3n) is 5.42. The Balaban J connectivity index is 1.42. The van der Waals surface area contributed by atoms with Gasteiger partial charge in [0.2, 0.25) is 5.91 Å². The van der Waals surface area contributed by atoms with Crippen molar-refractivity contribution in [3.8, 4) is 0 Å². The maximum absolute atomic E-state index is 13.8. The van der Waals surface area contributed by atoms with Gasteiger partial charge in [0.05, 0.1) is 43.8 Å². The number of aromatic amines is 1. The summed E-state index contributed by atoms with van der Waals surface area (Å²) in [5.41, 5.74) is -0.428. The first-order chi connectivity index (χ1) is 17.0. The van der Waals surface area contributed by atoms with Crippen LogP contribution in [-0.4, -0.2) is 22.6 Å². The smallest absolute Gasteiger partial charge is 0.359 e. The summed E-state index contributed by atoms with van der Waals surface area (Å²) in [6, 6.07) is 5.39. The van der Waals surface area contributed by atoms with Crippen LogP contribution in [0.25, 0.3) is 10.9 Å². The van der Waals surface area contributed by atoms with E-state index in [0.29, 0.717) is 16.0 Å². The number of aromatic nitrogens is 1. The Morgan fingerprint density at radius 1 is 1.06 bits per heavy atom. The summed E-state index contributed by atoms with van der Waals surface area (Å²) >= 11 is 2.23. The monoisotopic (exact) mass is 541 g/mol. The SMILES string of the molecule is O=C(Nc1c[nH]c2cc(F)c(F)cc12)c1cc2c(s1)SCC(=O)N2Cc1cc(F)cc(C(F)(F)F)c1. The molecule has 13 heteroatoms. The molecule has 2 amide bonds. The Morgan fingerprint density at radius 2 is 1.81 bits per heavy atom. The van der Waals surface area contributed by atoms with Crippen molar-refractivity contribution in [3.05, 3.63) is 76.1 Å². The highest BCUT2D eigenvalue weighted by Crippen LogP contribution is 2.43. The van der Waals surface area contributed by atoms with Crippen LogP contribution in [-0.2, 0) is 17.5 Å². The molecule has 2 aromatic carbocycles. The van der Waals surface area contributed by atoms with E-state index in [2.05, 4.69) is 10.3 Å². The van der Waals surface area contributed by atoms with Gasteiger partial charge in [0.15, 0.2) is 11.6 Å². The first-order valence-electron chi connectivity index (χ1n) is 10.2. The number of fused-ring (bicyclic) bond motifs is 2. The van der Waals surface area contributed by atoms with Crippen molar-refractivity contribution in [3.63, 3.8) is 0 Å². The highest BCUT2D eigenvalue weighted by Gasteiger charge is 2.33. The maximum atomic E-state index is 13.8. The molecular formula is C23H13F6N3O2S2. The van der Waals surface area contributed by atoms with Crippen LogP contribution in [0.1, 0.15) is 20.8 Å². The van der Waals surface area contributed by atoms with Crippen LogP contribution in [0.4, 0.5) is 37.7 Å². The van der Waals surface area contributed by atoms with Crippen molar-refractivity contribution in [2.45, 2.75) is 16.9 Å². The van der Waals surface area contributed by atoms with Crippen LogP contribution in [0.2, 0.25) is 0 Å². The minimum atomic E-state index is -4.76. The molecule has 1 aliphatic heterocycles. The second kappa shape index (κ2) is 8.89. The van der Waals surface area contributed by atoms with Gasteiger partial charge in [-0.15, -0.1) is 23.1 Å². The zero-order valence-electron chi connectivity index (χ0n) is 17.8. The number of rotatable bonds is 4. The molecule has 0 aliphatic carbocycles. The van der Waals surface area contributed by atoms with Gasteiger partial charge in [-0.1, -0.05) is 0 Å². The lowest BCUT2D eigenvalue weighted by atomic mass is 10.1. The van der Waals surface area contributed by atoms with Gasteiger partial charge in [0.1, 0.15) is 5.82 Å². The molecule has 0 unspecified atom stereocenters. The number of halogens is 6. The number of thiophene rings is 1. The largest absolute Gasteiger partial charge is 0.416 e. The van der Waals surface area contributed by atoms with Crippen molar-refractivity contribution in [2.75, 3.05) is 16.0 Å². The van der Waals surface area contributed by atoms with Gasteiger partial charge in [0.25, 0.3) is 5.91 Å². The number of amides is 2. The average Bonchev–Trinajstić information content (AvgIpc) is 3.40. The molecule has 2 aromatic heterocycles. The summed E-state index contributed by atoms with van der Waals surface area (Å²) < 4.78 is 80.8. The Kier molecular flexibility index (Phi) is 5.99. The van der Waals surface area contributed by atoms with Crippen molar-refractivity contribution < 1.29 is 35.9 Å². The van der Waals surface area contributed by atoms with Gasteiger partial charge >= 0.3 is 6.18 Å². The molecule has 0 fully saturated rings. The lowest BCUT2D eigenvalue weighted by molar-refractivity contribution is -0.137. The Bertz CT molecular complexity index is 1530. The molecule has 0 saturated heterocycles. The summed E-state index contributed by atoms with van der Waals surface area (Å²) in [5.74, 6) is -4.22. The molecule has 0 radical (unpaired) electrons. The number of nitrogens with one attached hydrogen (secondary N) is 2. The van der Waals surface area contributed by atoms with Crippen LogP contribution in [0.15, 0.2) is 46.8 Å². The van der Waals surface area contributed by atoms with E-state index in [9.17, 15) is 35.9 Å². The summed E-state index contributed by atoms with van der Waals surface area (Å²) in [6.07, 6.45) is -3.38. The second-order valence-corrected chi connectivity index (χ2v) is 10.2. The highest BCUT2D eigenvalue weighted by atomic mass is 32.2. The topological polar surface area (TPSA) is 65.2 Å². The molecule has 0 saturated carbocycles. The molecule has 186 valence electrons. The van der Waals surface area contributed by atoms with E-state index in [0.717, 1.165) is 35.6 Å². The predicted molar refractivity (Wildman–Crippen MR) is 124 cm³/mol. The van der Waals surface area contributed by atoms with Crippen molar-refractivity contribution in [1.29, 1.82) is 0 Å². The molecule has 5 rings (SSSR count). The number of H-pyrrole nitrogens is 1. The molecule has 0 bridgehead atoms. The van der Waals surface area contributed by atoms with Gasteiger partial charge in [-0.05, 0) is 35.9 Å². The third kappa shape index (κ3) is 4.55. The summed E-state index contributed by atoms with van der Waals surface area (Å²) in [6.45, 7) is -0.321. The number of anilines is 2. The van der Waals surface area contributed by atoms with E-state index in [1.807, 2.05) is 0 Å². The summed E-state index contributed by atoms with van der Waals surface area (Å²) in [4.78, 5) is 29.6. The normalized spacial score (nSPS) is 13.8. The molecule has 1 aliphatic rings. The maximum Gasteiger partial charge on any atom is 0.416 e. The lowest BCUT2D eigenvalue weighted by Crippen LogP contribution is -2.34. The van der Waals surface area contributed by atoms with Gasteiger partial charge in [0, 0.05) is 17.6 Å². The molecule has 3 heterocycles. The lowest BCUT2D eigenvalue weighted by Gasteiger charge is -2.26. The minimum absolute atomic E-state index is 0.0106. The highest BCUT2D eigenvalue weighted by molar-refractivity contribution is 8.02. The van der Waals surface area contributed by atoms with E-state index in [-0.39, 0.29) is 39.3 Å². The Hall–Kier alpha value is -3.45. The number of benzene rings is 2. The third-order valence-corrected chi connectivity index (χ3v) is 7.80. The zero-order valence-corrected chi connectivity index (χ0v) is 19.4. The molecule has 5 nitrogen and oxygen atoms in total. The van der Waals surface area contributed by atoms with E-state index >= 15 is 0 Å². The number of hydrogen-bond donors (Lipinski definition) is 2. The number of carbonyl (C=O) groups is 2. The number of hydrogen-bond acceptors (Lipinski definition) is 4. The van der Waals surface area contributed by atoms with Gasteiger partial charge in [-0.25, -0.2) is 13.2 Å². The van der Waals surface area contributed by atoms with Crippen molar-refractivity contribution in [1.82, 2.24) is 4.98 Å². The van der Waals surface area contributed by atoms with E-state index in [1.54, 1.807) is 0 Å². The Morgan fingerprint density at radius 3 is 2.56 bits per heavy atom. The average molecular weight is 541 g/mol. The van der Waals surface area contributed by atoms with Crippen LogP contribution >= 0.6 is 23.1 Å². The molecule has 4 aromatic rings. The molecule has 0 spiro atoms. The standard InChI is InChI=1S/C23H13F6N3O2S2/c24-12-2-10(1-11(3-12)23(27,28)29)8-32-18-6-19(36-22(18)35-9-20(32)33)21(34)31-17-7-30-16-5-15(26)14(25)4-13(16)17/h1-7,30H,8-9H2,(H,31,34). The van der Waals surface area contributed by atoms with E-state index in [4.69, 9.17) is 0 Å². The predicted octanol–water partition coefficient (Wildman–Crippen LogP) is 6.56. The number of carbonyl (C=O) groups excluding carboxylic acids is 2. The number of thioether (sulfide) groups is 1. The van der Waals surface area contributed by atoms with Crippen LogP contribution in [0.5, 0.6) is 0 Å². The fourth-order valence-corrected chi connectivity index (χ4v) is 5.97. The van der Waals surface area contributed by atoms with Crippen LogP contribution in [0, 0.1) is 17.5 Å². The number of nitrogens with zero attached hydrogens (tertiary/aromatic N) is 1. The zero-order chi connectivity index (χ0) is 25.8. The molecule has 0 atom stereocenters.